The van der Waals surface area contributed by atoms with Crippen LogP contribution in [0.25, 0.3) is 0 Å². The minimum atomic E-state index is 0. The predicted octanol–water partition coefficient (Wildman–Crippen LogP) is 2.95. The topological polar surface area (TPSA) is 0 Å². The molecule has 0 heterocycles. The van der Waals surface area contributed by atoms with Gasteiger partial charge in [0, 0.05) is 32.7 Å². The van der Waals surface area contributed by atoms with E-state index in [0.29, 0.717) is 0 Å². The van der Waals surface area contributed by atoms with Gasteiger partial charge in [-0.15, -0.1) is 0 Å². The van der Waals surface area contributed by atoms with Crippen molar-refractivity contribution in [3.05, 3.63) is 14.9 Å². The van der Waals surface area contributed by atoms with Crippen LogP contribution in [0.1, 0.15) is 26.7 Å². The summed E-state index contributed by atoms with van der Waals surface area (Å²) in [6, 6.07) is 0. The van der Waals surface area contributed by atoms with E-state index in [-0.39, 0.29) is 47.6 Å². The molecular weight excluding hydrogens is 185 g/mol. The van der Waals surface area contributed by atoms with E-state index in [1.165, 1.54) is 12.8 Å². The molecule has 1 heteroatoms. The quantitative estimate of drug-likeness (QED) is 0.531. The van der Waals surface area contributed by atoms with Gasteiger partial charge in [-0.25, -0.2) is 0 Å². The van der Waals surface area contributed by atoms with Crippen molar-refractivity contribution in [2.24, 2.45) is 11.8 Å². The van der Waals surface area contributed by atoms with Crippen LogP contribution in [-0.2, 0) is 32.7 Å². The van der Waals surface area contributed by atoms with E-state index < -0.39 is 0 Å². The van der Waals surface area contributed by atoms with Crippen LogP contribution in [0, 0.1) is 26.7 Å². The van der Waals surface area contributed by atoms with Gasteiger partial charge in [0.25, 0.3) is 0 Å². The fraction of sp³-hybridized carbons (Fsp3) is 0.750. The fourth-order valence-corrected chi connectivity index (χ4v) is 1.30. The second-order valence-corrected chi connectivity index (χ2v) is 2.68. The Balaban J connectivity index is -0.000000120. The zero-order chi connectivity index (χ0) is 4.57. The Morgan fingerprint density at radius 2 is 1.11 bits per heavy atom. The maximum Gasteiger partial charge on any atom is 0 e. The standard InChI is InChI=1S/C6H12.2CH3.Y/c1-5-3-6(2)4-5;;;/h5-6H,3-4H2,1-2H3;2*1H3;/q;2*-1;. The van der Waals surface area contributed by atoms with Gasteiger partial charge in [0.15, 0.2) is 0 Å². The molecule has 0 aromatic rings. The van der Waals surface area contributed by atoms with Crippen molar-refractivity contribution < 1.29 is 32.7 Å². The summed E-state index contributed by atoms with van der Waals surface area (Å²) in [4.78, 5) is 0. The molecule has 0 bridgehead atoms. The molecule has 0 nitrogen and oxygen atoms in total. The zero-order valence-electron chi connectivity index (χ0n) is 7.15. The molecule has 1 aliphatic carbocycles. The Morgan fingerprint density at radius 3 is 1.11 bits per heavy atom. The summed E-state index contributed by atoms with van der Waals surface area (Å²) < 4.78 is 0. The van der Waals surface area contributed by atoms with Gasteiger partial charge in [-0.1, -0.05) is 13.8 Å². The van der Waals surface area contributed by atoms with Crippen molar-refractivity contribution in [2.45, 2.75) is 26.7 Å². The molecule has 1 radical (unpaired) electrons. The Hall–Kier alpha value is 1.10. The van der Waals surface area contributed by atoms with Gasteiger partial charge >= 0.3 is 0 Å². The van der Waals surface area contributed by atoms with Crippen molar-refractivity contribution in [3.8, 4) is 0 Å². The largest absolute Gasteiger partial charge is 0.358 e. The number of hydrogen-bond donors (Lipinski definition) is 0. The molecule has 0 saturated heterocycles. The molecule has 1 saturated carbocycles. The molecule has 0 amide bonds. The second kappa shape index (κ2) is 7.21. The third-order valence-corrected chi connectivity index (χ3v) is 1.61. The van der Waals surface area contributed by atoms with E-state index in [0.717, 1.165) is 11.8 Å². The molecule has 1 rings (SSSR count). The SMILES string of the molecule is CC1CC(C)C1.[CH3-].[CH3-].[Y]. The van der Waals surface area contributed by atoms with Crippen molar-refractivity contribution in [1.29, 1.82) is 0 Å². The minimum absolute atomic E-state index is 0. The fourth-order valence-electron chi connectivity index (χ4n) is 1.30. The summed E-state index contributed by atoms with van der Waals surface area (Å²) in [7, 11) is 0. The average Bonchev–Trinajstić information content (AvgIpc) is 1.33. The summed E-state index contributed by atoms with van der Waals surface area (Å²) in [5, 5.41) is 0. The first kappa shape index (κ1) is 16.6. The van der Waals surface area contributed by atoms with Gasteiger partial charge in [0.05, 0.1) is 0 Å². The van der Waals surface area contributed by atoms with Gasteiger partial charge in [-0.05, 0) is 24.7 Å². The van der Waals surface area contributed by atoms with Crippen LogP contribution in [0.2, 0.25) is 0 Å². The zero-order valence-corrected chi connectivity index (χ0v) is 9.98. The molecule has 0 spiro atoms. The molecule has 0 atom stereocenters. The van der Waals surface area contributed by atoms with E-state index in [4.69, 9.17) is 0 Å². The van der Waals surface area contributed by atoms with Gasteiger partial charge in [-0.2, -0.15) is 0 Å². The van der Waals surface area contributed by atoms with E-state index in [9.17, 15) is 0 Å². The number of rotatable bonds is 0. The molecular formula is C8H18Y-2. The molecule has 1 fully saturated rings. The summed E-state index contributed by atoms with van der Waals surface area (Å²) >= 11 is 0. The maximum atomic E-state index is 2.32. The molecule has 1 aliphatic rings. The third kappa shape index (κ3) is 5.54. The third-order valence-electron chi connectivity index (χ3n) is 1.61. The smallest absolute Gasteiger partial charge is 0 e. The molecule has 55 valence electrons. The predicted molar refractivity (Wildman–Crippen MR) is 40.4 cm³/mol. The average molecular weight is 203 g/mol. The molecule has 9 heavy (non-hydrogen) atoms. The van der Waals surface area contributed by atoms with E-state index in [1.807, 2.05) is 0 Å². The van der Waals surface area contributed by atoms with Gasteiger partial charge in [-0.3, -0.25) is 0 Å². The molecule has 0 aromatic heterocycles. The summed E-state index contributed by atoms with van der Waals surface area (Å²) in [6.45, 7) is 4.64. The Bertz CT molecular complexity index is 40.5. The van der Waals surface area contributed by atoms with Crippen molar-refractivity contribution in [2.75, 3.05) is 0 Å². The van der Waals surface area contributed by atoms with Crippen molar-refractivity contribution in [3.63, 3.8) is 0 Å². The Morgan fingerprint density at radius 1 is 0.889 bits per heavy atom. The van der Waals surface area contributed by atoms with Gasteiger partial charge < -0.3 is 14.9 Å². The number of hydrogen-bond acceptors (Lipinski definition) is 0. The van der Waals surface area contributed by atoms with Crippen LogP contribution < -0.4 is 0 Å². The first-order valence-electron chi connectivity index (χ1n) is 2.79. The first-order chi connectivity index (χ1) is 2.79. The van der Waals surface area contributed by atoms with Crippen LogP contribution >= 0.6 is 0 Å². The van der Waals surface area contributed by atoms with Crippen LogP contribution in [0.15, 0.2) is 0 Å². The van der Waals surface area contributed by atoms with Crippen molar-refractivity contribution >= 4 is 0 Å². The Kier molecular flexibility index (Phi) is 13.3. The van der Waals surface area contributed by atoms with Crippen LogP contribution in [-0.4, -0.2) is 0 Å². The van der Waals surface area contributed by atoms with E-state index >= 15 is 0 Å². The Labute approximate surface area is 85.7 Å². The van der Waals surface area contributed by atoms with E-state index in [2.05, 4.69) is 13.8 Å². The van der Waals surface area contributed by atoms with Crippen molar-refractivity contribution in [1.82, 2.24) is 0 Å². The van der Waals surface area contributed by atoms with E-state index in [1.54, 1.807) is 0 Å². The van der Waals surface area contributed by atoms with Crippen LogP contribution in [0.4, 0.5) is 0 Å². The minimum Gasteiger partial charge on any atom is -0.358 e. The van der Waals surface area contributed by atoms with Gasteiger partial charge in [0.1, 0.15) is 0 Å². The molecule has 0 N–H and O–H groups in total. The van der Waals surface area contributed by atoms with Gasteiger partial charge in [0.2, 0.25) is 0 Å². The summed E-state index contributed by atoms with van der Waals surface area (Å²) in [5.41, 5.74) is 0. The first-order valence-corrected chi connectivity index (χ1v) is 2.79. The molecule has 0 unspecified atom stereocenters. The maximum absolute atomic E-state index is 2.32. The molecule has 0 aliphatic heterocycles. The van der Waals surface area contributed by atoms with Crippen LogP contribution in [0.5, 0.6) is 0 Å². The monoisotopic (exact) mass is 203 g/mol. The summed E-state index contributed by atoms with van der Waals surface area (Å²) in [5.74, 6) is 2.08. The molecule has 0 aromatic carbocycles. The second-order valence-electron chi connectivity index (χ2n) is 2.68. The van der Waals surface area contributed by atoms with Crippen LogP contribution in [0.3, 0.4) is 0 Å². The normalized spacial score (nSPS) is 30.0. The summed E-state index contributed by atoms with van der Waals surface area (Å²) in [6.07, 6.45) is 2.94.